The van der Waals surface area contributed by atoms with Gasteiger partial charge in [0.15, 0.2) is 0 Å². The number of anilines is 1. The Bertz CT molecular complexity index is 1190. The van der Waals surface area contributed by atoms with E-state index in [9.17, 15) is 13.6 Å². The second-order valence-electron chi connectivity index (χ2n) is 9.39. The van der Waals surface area contributed by atoms with Gasteiger partial charge in [0.05, 0.1) is 28.7 Å². The maximum atomic E-state index is 14.4. The molecule has 0 spiro atoms. The van der Waals surface area contributed by atoms with Crippen molar-refractivity contribution >= 4 is 23.2 Å². The highest BCUT2D eigenvalue weighted by Gasteiger charge is 2.37. The molecule has 1 aromatic heterocycles. The summed E-state index contributed by atoms with van der Waals surface area (Å²) in [6, 6.07) is 10.7. The minimum atomic E-state index is -0.774. The zero-order chi connectivity index (χ0) is 23.7. The maximum absolute atomic E-state index is 14.4. The van der Waals surface area contributed by atoms with Gasteiger partial charge in [0.25, 0.3) is 0 Å². The van der Waals surface area contributed by atoms with Gasteiger partial charge in [-0.1, -0.05) is 30.9 Å². The van der Waals surface area contributed by atoms with E-state index in [1.165, 1.54) is 6.07 Å². The van der Waals surface area contributed by atoms with Crippen LogP contribution in [0, 0.1) is 17.6 Å². The van der Waals surface area contributed by atoms with Gasteiger partial charge in [-0.05, 0) is 86.4 Å². The third kappa shape index (κ3) is 4.61. The number of amides is 1. The average Bonchev–Trinajstić information content (AvgIpc) is 3.21. The Morgan fingerprint density at radius 1 is 1.00 bits per heavy atom. The van der Waals surface area contributed by atoms with E-state index in [0.717, 1.165) is 92.6 Å². The van der Waals surface area contributed by atoms with Gasteiger partial charge in [0.2, 0.25) is 5.91 Å². The summed E-state index contributed by atoms with van der Waals surface area (Å²) >= 11 is 6.13. The highest BCUT2D eigenvalue weighted by Crippen LogP contribution is 2.41. The lowest BCUT2D eigenvalue weighted by atomic mass is 9.76. The van der Waals surface area contributed by atoms with Gasteiger partial charge in [-0.3, -0.25) is 4.79 Å². The molecule has 0 saturated heterocycles. The summed E-state index contributed by atoms with van der Waals surface area (Å²) in [6.45, 7) is 0. The highest BCUT2D eigenvalue weighted by molar-refractivity contribution is 6.30. The number of fused-ring (bicyclic) bond motifs is 1. The summed E-state index contributed by atoms with van der Waals surface area (Å²) in [6.07, 6.45) is 9.05. The largest absolute Gasteiger partial charge is 0.323 e. The van der Waals surface area contributed by atoms with Crippen molar-refractivity contribution < 1.29 is 13.6 Å². The number of hydrogen-bond donors (Lipinski definition) is 1. The van der Waals surface area contributed by atoms with Crippen molar-refractivity contribution in [3.63, 3.8) is 0 Å². The molecule has 0 aliphatic heterocycles. The fraction of sp³-hybridized carbons (Fsp3) is 0.407. The molecule has 1 atom stereocenters. The van der Waals surface area contributed by atoms with Gasteiger partial charge in [0, 0.05) is 11.1 Å². The third-order valence-corrected chi connectivity index (χ3v) is 7.41. The van der Waals surface area contributed by atoms with E-state index in [0.29, 0.717) is 5.02 Å². The minimum Gasteiger partial charge on any atom is -0.323 e. The minimum absolute atomic E-state index is 0.00126. The van der Waals surface area contributed by atoms with Crippen molar-refractivity contribution in [2.45, 2.75) is 63.7 Å². The van der Waals surface area contributed by atoms with Crippen molar-refractivity contribution in [3.05, 3.63) is 76.1 Å². The van der Waals surface area contributed by atoms with Crippen LogP contribution in [0.3, 0.4) is 0 Å². The zero-order valence-electron chi connectivity index (χ0n) is 19.0. The van der Waals surface area contributed by atoms with E-state index < -0.39 is 17.6 Å². The van der Waals surface area contributed by atoms with Gasteiger partial charge >= 0.3 is 0 Å². The Labute approximate surface area is 203 Å². The molecule has 1 saturated carbocycles. The van der Waals surface area contributed by atoms with Crippen LogP contribution >= 0.6 is 11.6 Å². The Kier molecular flexibility index (Phi) is 6.68. The van der Waals surface area contributed by atoms with Crippen LogP contribution in [0.2, 0.25) is 5.02 Å². The van der Waals surface area contributed by atoms with Crippen molar-refractivity contribution in [2.24, 2.45) is 5.92 Å². The number of nitrogens with one attached hydrogen (secondary N) is 1. The number of nitrogens with zero attached hydrogens (tertiary/aromatic N) is 2. The van der Waals surface area contributed by atoms with E-state index in [-0.39, 0.29) is 17.5 Å². The summed E-state index contributed by atoms with van der Waals surface area (Å²) in [5, 5.41) is 8.36. The number of halogens is 3. The average molecular weight is 484 g/mol. The lowest BCUT2D eigenvalue weighted by Gasteiger charge is -2.31. The van der Waals surface area contributed by atoms with Crippen LogP contribution < -0.4 is 5.32 Å². The van der Waals surface area contributed by atoms with Gasteiger partial charge < -0.3 is 5.32 Å². The Hall–Kier alpha value is -2.73. The molecule has 2 aliphatic rings. The molecular weight excluding hydrogens is 456 g/mol. The summed E-state index contributed by atoms with van der Waals surface area (Å²) in [4.78, 5) is 13.8. The van der Waals surface area contributed by atoms with E-state index >= 15 is 0 Å². The molecule has 3 aromatic rings. The van der Waals surface area contributed by atoms with Crippen molar-refractivity contribution in [1.29, 1.82) is 0 Å². The molecule has 7 heteroatoms. The van der Waals surface area contributed by atoms with Crippen LogP contribution in [0.25, 0.3) is 5.69 Å². The molecular formula is C27H28ClF2N3O. The second kappa shape index (κ2) is 9.87. The first-order valence-corrected chi connectivity index (χ1v) is 12.5. The predicted octanol–water partition coefficient (Wildman–Crippen LogP) is 6.99. The molecule has 5 rings (SSSR count). The first kappa shape index (κ1) is 23.0. The van der Waals surface area contributed by atoms with Gasteiger partial charge in [0.1, 0.15) is 11.6 Å². The Balaban J connectivity index is 1.61. The number of rotatable bonds is 5. The normalized spacial score (nSPS) is 17.3. The van der Waals surface area contributed by atoms with Crippen LogP contribution in [0.4, 0.5) is 14.5 Å². The van der Waals surface area contributed by atoms with E-state index in [2.05, 4.69) is 5.32 Å². The highest BCUT2D eigenvalue weighted by atomic mass is 35.5. The molecule has 1 N–H and O–H groups in total. The Morgan fingerprint density at radius 3 is 2.47 bits per heavy atom. The quantitative estimate of drug-likeness (QED) is 0.425. The molecule has 1 fully saturated rings. The summed E-state index contributed by atoms with van der Waals surface area (Å²) in [7, 11) is 0. The maximum Gasteiger partial charge on any atom is 0.233 e. The first-order chi connectivity index (χ1) is 16.5. The monoisotopic (exact) mass is 483 g/mol. The Morgan fingerprint density at radius 2 is 1.74 bits per heavy atom. The van der Waals surface area contributed by atoms with Crippen molar-refractivity contribution in [3.8, 4) is 5.69 Å². The summed E-state index contributed by atoms with van der Waals surface area (Å²) in [5.74, 6) is -2.06. The van der Waals surface area contributed by atoms with Gasteiger partial charge in [-0.2, -0.15) is 5.10 Å². The van der Waals surface area contributed by atoms with Crippen LogP contribution in [-0.2, 0) is 17.6 Å². The van der Waals surface area contributed by atoms with Crippen molar-refractivity contribution in [1.82, 2.24) is 9.78 Å². The molecule has 34 heavy (non-hydrogen) atoms. The molecule has 1 amide bonds. The number of carbonyl (C=O) groups is 1. The SMILES string of the molecule is O=C(Nc1ccc(F)cc1F)C(c1c2c(nn1-c1ccc(Cl)cc1)CCCC2)C1CCCCC1. The van der Waals surface area contributed by atoms with Crippen LogP contribution in [0.5, 0.6) is 0 Å². The molecule has 2 aliphatic carbocycles. The third-order valence-electron chi connectivity index (χ3n) is 7.16. The topological polar surface area (TPSA) is 46.9 Å². The lowest BCUT2D eigenvalue weighted by molar-refractivity contribution is -0.119. The van der Waals surface area contributed by atoms with Crippen LogP contribution in [-0.4, -0.2) is 15.7 Å². The molecule has 178 valence electrons. The van der Waals surface area contributed by atoms with E-state index in [1.807, 2.05) is 28.9 Å². The molecule has 2 aromatic carbocycles. The summed E-state index contributed by atoms with van der Waals surface area (Å²) < 4.78 is 29.8. The standard InChI is InChI=1S/C27H28ClF2N3O/c28-18-10-13-20(14-11-18)33-26(21-8-4-5-9-23(21)32-33)25(17-6-2-1-3-7-17)27(34)31-24-15-12-19(29)16-22(24)30/h10-17,25H,1-9H2,(H,31,34). The second-order valence-corrected chi connectivity index (χ2v) is 9.83. The van der Waals surface area contributed by atoms with E-state index in [4.69, 9.17) is 16.7 Å². The first-order valence-electron chi connectivity index (χ1n) is 12.1. The molecule has 4 nitrogen and oxygen atoms in total. The van der Waals surface area contributed by atoms with E-state index in [1.54, 1.807) is 0 Å². The van der Waals surface area contributed by atoms with Crippen molar-refractivity contribution in [2.75, 3.05) is 5.32 Å². The van der Waals surface area contributed by atoms with Crippen LogP contribution in [0.1, 0.15) is 67.8 Å². The van der Waals surface area contributed by atoms with Crippen LogP contribution in [0.15, 0.2) is 42.5 Å². The zero-order valence-corrected chi connectivity index (χ0v) is 19.8. The number of hydrogen-bond acceptors (Lipinski definition) is 2. The molecule has 1 unspecified atom stereocenters. The fourth-order valence-electron chi connectivity index (χ4n) is 5.51. The number of carbonyl (C=O) groups excluding carboxylic acids is 1. The lowest BCUT2D eigenvalue weighted by Crippen LogP contribution is -2.31. The molecule has 0 bridgehead atoms. The number of aryl methyl sites for hydroxylation is 1. The molecule has 1 heterocycles. The predicted molar refractivity (Wildman–Crippen MR) is 130 cm³/mol. The fourth-order valence-corrected chi connectivity index (χ4v) is 5.63. The smallest absolute Gasteiger partial charge is 0.233 e. The molecule has 0 radical (unpaired) electrons. The van der Waals surface area contributed by atoms with Gasteiger partial charge in [-0.15, -0.1) is 0 Å². The van der Waals surface area contributed by atoms with Gasteiger partial charge in [-0.25, -0.2) is 13.5 Å². The summed E-state index contributed by atoms with van der Waals surface area (Å²) in [5.41, 5.74) is 3.95. The number of benzene rings is 2. The number of aromatic nitrogens is 2.